The summed E-state index contributed by atoms with van der Waals surface area (Å²) in [7, 11) is 1.63. The Labute approximate surface area is 194 Å². The van der Waals surface area contributed by atoms with Crippen LogP contribution in [0.25, 0.3) is 28.2 Å². The Morgan fingerprint density at radius 3 is 2.76 bits per heavy atom. The molecule has 1 aromatic carbocycles. The molecule has 0 aliphatic carbocycles. The molecule has 0 spiro atoms. The van der Waals surface area contributed by atoms with Crippen molar-refractivity contribution < 1.29 is 4.74 Å². The molecule has 3 aromatic heterocycles. The lowest BCUT2D eigenvalue weighted by atomic mass is 10.2. The van der Waals surface area contributed by atoms with Gasteiger partial charge in [-0.2, -0.15) is 5.10 Å². The fourth-order valence-corrected chi connectivity index (χ4v) is 4.59. The van der Waals surface area contributed by atoms with Crippen LogP contribution in [-0.4, -0.2) is 44.0 Å². The highest BCUT2D eigenvalue weighted by atomic mass is 16.5. The quantitative estimate of drug-likeness (QED) is 0.378. The number of aromatic nitrogens is 5. The van der Waals surface area contributed by atoms with Crippen LogP contribution in [0.2, 0.25) is 0 Å². The number of pyridine rings is 1. The van der Waals surface area contributed by atoms with E-state index in [1.165, 1.54) is 12.8 Å². The number of anilines is 1. The maximum absolute atomic E-state index is 5.33. The van der Waals surface area contributed by atoms with Crippen molar-refractivity contribution in [3.05, 3.63) is 66.6 Å². The summed E-state index contributed by atoms with van der Waals surface area (Å²) in [4.78, 5) is 12.2. The van der Waals surface area contributed by atoms with E-state index >= 15 is 0 Å². The lowest BCUT2D eigenvalue weighted by molar-refractivity contribution is 0.371. The number of benzene rings is 1. The minimum Gasteiger partial charge on any atom is -0.497 e. The molecule has 1 fully saturated rings. The normalized spacial score (nSPS) is 16.0. The molecular weight excluding hydrogens is 412 g/mol. The summed E-state index contributed by atoms with van der Waals surface area (Å²) in [5, 5.41) is 4.69. The third-order valence-electron chi connectivity index (χ3n) is 6.51. The zero-order chi connectivity index (χ0) is 22.9. The minimum absolute atomic E-state index is 0.536. The van der Waals surface area contributed by atoms with Gasteiger partial charge in [0.2, 0.25) is 0 Å². The van der Waals surface area contributed by atoms with E-state index < -0.39 is 0 Å². The Bertz CT molecular complexity index is 1290. The van der Waals surface area contributed by atoms with Crippen LogP contribution in [0.3, 0.4) is 0 Å². The summed E-state index contributed by atoms with van der Waals surface area (Å²) in [6, 6.07) is 13.0. The number of fused-ring (bicyclic) bond motifs is 1. The molecule has 0 N–H and O–H groups in total. The SMILES string of the molecule is C=C(OC)c1ccc2c(c1)nc(-c1ccc(N3CCC[C@@H]3C)nc1)n2Cc1ccn(CC)n1. The van der Waals surface area contributed by atoms with Crippen LogP contribution in [0.5, 0.6) is 0 Å². The summed E-state index contributed by atoms with van der Waals surface area (Å²) in [6.45, 7) is 10.9. The van der Waals surface area contributed by atoms with Crippen LogP contribution < -0.4 is 4.90 Å². The summed E-state index contributed by atoms with van der Waals surface area (Å²) in [6.07, 6.45) is 6.40. The number of rotatable bonds is 7. The molecule has 0 unspecified atom stereocenters. The molecule has 0 radical (unpaired) electrons. The van der Waals surface area contributed by atoms with E-state index in [2.05, 4.69) is 54.2 Å². The Morgan fingerprint density at radius 1 is 1.21 bits per heavy atom. The summed E-state index contributed by atoms with van der Waals surface area (Å²) >= 11 is 0. The van der Waals surface area contributed by atoms with Crippen molar-refractivity contribution in [1.82, 2.24) is 24.3 Å². The zero-order valence-corrected chi connectivity index (χ0v) is 19.5. The second-order valence-corrected chi connectivity index (χ2v) is 8.60. The first-order chi connectivity index (χ1) is 16.1. The van der Waals surface area contributed by atoms with Gasteiger partial charge in [-0.3, -0.25) is 4.68 Å². The third-order valence-corrected chi connectivity index (χ3v) is 6.51. The van der Waals surface area contributed by atoms with Crippen molar-refractivity contribution in [3.8, 4) is 11.4 Å². The van der Waals surface area contributed by atoms with E-state index in [9.17, 15) is 0 Å². The molecule has 0 bridgehead atoms. The summed E-state index contributed by atoms with van der Waals surface area (Å²) in [5.74, 6) is 2.54. The number of aryl methyl sites for hydroxylation is 1. The van der Waals surface area contributed by atoms with E-state index in [1.54, 1.807) is 7.11 Å². The van der Waals surface area contributed by atoms with Gasteiger partial charge in [-0.25, -0.2) is 9.97 Å². The number of hydrogen-bond acceptors (Lipinski definition) is 5. The Morgan fingerprint density at radius 2 is 2.09 bits per heavy atom. The minimum atomic E-state index is 0.536. The van der Waals surface area contributed by atoms with Gasteiger partial charge >= 0.3 is 0 Å². The van der Waals surface area contributed by atoms with Gasteiger partial charge in [-0.1, -0.05) is 6.58 Å². The van der Waals surface area contributed by atoms with Gasteiger partial charge in [0.25, 0.3) is 0 Å². The molecule has 1 saturated heterocycles. The first-order valence-electron chi connectivity index (χ1n) is 11.6. The van der Waals surface area contributed by atoms with Crippen molar-refractivity contribution in [2.24, 2.45) is 0 Å². The average molecular weight is 443 g/mol. The van der Waals surface area contributed by atoms with Gasteiger partial charge in [0.05, 0.1) is 30.4 Å². The van der Waals surface area contributed by atoms with Crippen molar-refractivity contribution in [2.75, 3.05) is 18.6 Å². The van der Waals surface area contributed by atoms with Crippen molar-refractivity contribution in [2.45, 2.75) is 45.8 Å². The number of hydrogen-bond donors (Lipinski definition) is 0. The standard InChI is InChI=1S/C26H30N6O/c1-5-30-14-12-22(29-30)17-32-24-10-8-20(19(3)33-4)15-23(24)28-26(32)21-9-11-25(27-16-21)31-13-6-7-18(31)2/h8-12,14-16,18H,3,5-7,13,17H2,1-2,4H3/t18-/m0/s1. The zero-order valence-electron chi connectivity index (χ0n) is 19.5. The van der Waals surface area contributed by atoms with Gasteiger partial charge in [0.1, 0.15) is 17.4 Å². The molecule has 0 amide bonds. The maximum Gasteiger partial charge on any atom is 0.143 e. The third kappa shape index (κ3) is 3.99. The lowest BCUT2D eigenvalue weighted by Gasteiger charge is -2.22. The van der Waals surface area contributed by atoms with Crippen molar-refractivity contribution in [3.63, 3.8) is 0 Å². The van der Waals surface area contributed by atoms with Crippen LogP contribution >= 0.6 is 0 Å². The lowest BCUT2D eigenvalue weighted by Crippen LogP contribution is -2.26. The first kappa shape index (κ1) is 21.2. The maximum atomic E-state index is 5.33. The number of ether oxygens (including phenoxy) is 1. The Kier molecular flexibility index (Phi) is 5.62. The monoisotopic (exact) mass is 442 g/mol. The summed E-state index contributed by atoms with van der Waals surface area (Å²) < 4.78 is 9.49. The van der Waals surface area contributed by atoms with Crippen molar-refractivity contribution >= 4 is 22.6 Å². The van der Waals surface area contributed by atoms with E-state index in [0.29, 0.717) is 18.3 Å². The first-order valence-corrected chi connectivity index (χ1v) is 11.6. The molecule has 170 valence electrons. The van der Waals surface area contributed by atoms with Gasteiger partial charge in [0.15, 0.2) is 0 Å². The molecule has 33 heavy (non-hydrogen) atoms. The van der Waals surface area contributed by atoms with Crippen LogP contribution in [0.1, 0.15) is 37.9 Å². The number of methoxy groups -OCH3 is 1. The molecular formula is C26H30N6O. The van der Waals surface area contributed by atoms with Crippen molar-refractivity contribution in [1.29, 1.82) is 0 Å². The molecule has 1 aliphatic rings. The fraction of sp³-hybridized carbons (Fsp3) is 0.346. The predicted octanol–water partition coefficient (Wildman–Crippen LogP) is 4.97. The average Bonchev–Trinajstić information content (AvgIpc) is 3.57. The second-order valence-electron chi connectivity index (χ2n) is 8.60. The molecule has 5 rings (SSSR count). The predicted molar refractivity (Wildman–Crippen MR) is 132 cm³/mol. The topological polar surface area (TPSA) is 61.0 Å². The van der Waals surface area contributed by atoms with Gasteiger partial charge in [-0.05, 0) is 63.1 Å². The summed E-state index contributed by atoms with van der Waals surface area (Å²) in [5.41, 5.74) is 4.85. The molecule has 1 atom stereocenters. The van der Waals surface area contributed by atoms with Crippen LogP contribution in [0, 0.1) is 0 Å². The second kappa shape index (κ2) is 8.73. The van der Waals surface area contributed by atoms with Crippen LogP contribution in [0.15, 0.2) is 55.4 Å². The molecule has 1 aliphatic heterocycles. The van der Waals surface area contributed by atoms with Gasteiger partial charge < -0.3 is 14.2 Å². The number of imidazole rings is 1. The molecule has 4 aromatic rings. The van der Waals surface area contributed by atoms with E-state index in [1.807, 2.05) is 29.2 Å². The largest absolute Gasteiger partial charge is 0.497 e. The Hall–Kier alpha value is -3.61. The smallest absolute Gasteiger partial charge is 0.143 e. The van der Waals surface area contributed by atoms with Crippen LogP contribution in [-0.2, 0) is 17.8 Å². The molecule has 0 saturated carbocycles. The van der Waals surface area contributed by atoms with Gasteiger partial charge in [-0.15, -0.1) is 0 Å². The molecule has 7 nitrogen and oxygen atoms in total. The highest BCUT2D eigenvalue weighted by molar-refractivity contribution is 5.83. The van der Waals surface area contributed by atoms with Gasteiger partial charge in [0, 0.05) is 42.7 Å². The van der Waals surface area contributed by atoms with E-state index in [-0.39, 0.29) is 0 Å². The highest BCUT2D eigenvalue weighted by Gasteiger charge is 2.22. The van der Waals surface area contributed by atoms with E-state index in [0.717, 1.165) is 52.6 Å². The Balaban J connectivity index is 1.57. The number of nitrogens with zero attached hydrogens (tertiary/aromatic N) is 6. The molecule has 4 heterocycles. The fourth-order valence-electron chi connectivity index (χ4n) is 4.59. The molecule has 7 heteroatoms. The van der Waals surface area contributed by atoms with Crippen LogP contribution in [0.4, 0.5) is 5.82 Å². The van der Waals surface area contributed by atoms with E-state index in [4.69, 9.17) is 19.8 Å². The highest BCUT2D eigenvalue weighted by Crippen LogP contribution is 2.30.